The molecule has 1 amide bonds. The summed E-state index contributed by atoms with van der Waals surface area (Å²) >= 11 is 0. The summed E-state index contributed by atoms with van der Waals surface area (Å²) in [6.45, 7) is 2.28. The lowest BCUT2D eigenvalue weighted by Gasteiger charge is -2.31. The lowest BCUT2D eigenvalue weighted by atomic mass is 9.74. The quantitative estimate of drug-likeness (QED) is 0.651. The van der Waals surface area contributed by atoms with Gasteiger partial charge in [0.05, 0.1) is 6.54 Å². The summed E-state index contributed by atoms with van der Waals surface area (Å²) in [6.07, 6.45) is 6.52. The molecule has 0 aromatic heterocycles. The van der Waals surface area contributed by atoms with Crippen molar-refractivity contribution < 1.29 is 4.79 Å². The average molecular weight is 269 g/mol. The van der Waals surface area contributed by atoms with E-state index in [0.717, 1.165) is 24.2 Å². The highest BCUT2D eigenvalue weighted by molar-refractivity contribution is 5.95. The number of hydrogen-bond donors (Lipinski definition) is 2. The van der Waals surface area contributed by atoms with Gasteiger partial charge in [-0.25, -0.2) is 5.43 Å². The van der Waals surface area contributed by atoms with Crippen LogP contribution >= 0.6 is 0 Å². The van der Waals surface area contributed by atoms with Gasteiger partial charge in [-0.2, -0.15) is 5.10 Å². The predicted octanol–water partition coefficient (Wildman–Crippen LogP) is 2.48. The van der Waals surface area contributed by atoms with Crippen LogP contribution in [-0.4, -0.2) is 18.2 Å². The van der Waals surface area contributed by atoms with E-state index in [2.05, 4.69) is 28.0 Å². The Morgan fingerprint density at radius 3 is 2.90 bits per heavy atom. The molecule has 1 aromatic rings. The first-order chi connectivity index (χ1) is 9.72. The first-order valence-electron chi connectivity index (χ1n) is 7.05. The molecule has 0 radical (unpaired) electrons. The van der Waals surface area contributed by atoms with E-state index in [1.54, 1.807) is 0 Å². The Labute approximate surface area is 119 Å². The molecule has 0 saturated heterocycles. The zero-order valence-electron chi connectivity index (χ0n) is 11.6. The van der Waals surface area contributed by atoms with Gasteiger partial charge in [0.25, 0.3) is 5.91 Å². The molecule has 2 unspecified atom stereocenters. The van der Waals surface area contributed by atoms with Gasteiger partial charge in [-0.3, -0.25) is 4.79 Å². The van der Waals surface area contributed by atoms with Crippen molar-refractivity contribution in [1.82, 2.24) is 5.43 Å². The lowest BCUT2D eigenvalue weighted by molar-refractivity contribution is -0.119. The van der Waals surface area contributed by atoms with Crippen LogP contribution in [0, 0.1) is 18.8 Å². The Balaban J connectivity index is 1.44. The summed E-state index contributed by atoms with van der Waals surface area (Å²) < 4.78 is 0. The molecule has 1 saturated carbocycles. The van der Waals surface area contributed by atoms with E-state index in [4.69, 9.17) is 0 Å². The fourth-order valence-corrected chi connectivity index (χ4v) is 2.69. The number of hydrazone groups is 1. The normalized spacial score (nSPS) is 25.1. The van der Waals surface area contributed by atoms with Gasteiger partial charge < -0.3 is 5.32 Å². The highest BCUT2D eigenvalue weighted by Crippen LogP contribution is 2.39. The number of carbonyl (C=O) groups is 1. The van der Waals surface area contributed by atoms with Gasteiger partial charge in [-0.15, -0.1) is 0 Å². The molecule has 1 fully saturated rings. The highest BCUT2D eigenvalue weighted by atomic mass is 16.2. The number of aryl methyl sites for hydroxylation is 1. The number of benzene rings is 1. The zero-order chi connectivity index (χ0) is 13.9. The molecule has 0 aliphatic heterocycles. The summed E-state index contributed by atoms with van der Waals surface area (Å²) in [5.41, 5.74) is 5.92. The van der Waals surface area contributed by atoms with Crippen molar-refractivity contribution in [3.63, 3.8) is 0 Å². The number of rotatable bonds is 4. The van der Waals surface area contributed by atoms with Crippen LogP contribution in [0.5, 0.6) is 0 Å². The molecular weight excluding hydrogens is 250 g/mol. The fourth-order valence-electron chi connectivity index (χ4n) is 2.69. The molecule has 20 heavy (non-hydrogen) atoms. The first kappa shape index (κ1) is 12.9. The largest absolute Gasteiger partial charge is 0.376 e. The van der Waals surface area contributed by atoms with E-state index in [1.165, 1.54) is 5.56 Å². The maximum absolute atomic E-state index is 11.7. The van der Waals surface area contributed by atoms with Crippen molar-refractivity contribution in [3.05, 3.63) is 42.0 Å². The number of anilines is 1. The standard InChI is InChI=1S/C16H19N3O/c1-11-5-7-13(8-6-11)17-10-16(20)19-18-15-9-12-3-2-4-14(12)15/h2-3,5-8,12,14,17H,4,9-10H2,1H3,(H,19,20). The number of hydrogen-bond acceptors (Lipinski definition) is 3. The van der Waals surface area contributed by atoms with Crippen molar-refractivity contribution in [2.24, 2.45) is 16.9 Å². The molecule has 4 heteroatoms. The van der Waals surface area contributed by atoms with Gasteiger partial charge in [0, 0.05) is 17.3 Å². The number of fused-ring (bicyclic) bond motifs is 1. The van der Waals surface area contributed by atoms with Crippen LogP contribution in [0.3, 0.4) is 0 Å². The molecule has 2 aliphatic carbocycles. The summed E-state index contributed by atoms with van der Waals surface area (Å²) in [6, 6.07) is 7.97. The summed E-state index contributed by atoms with van der Waals surface area (Å²) in [7, 11) is 0. The third-order valence-electron chi connectivity index (χ3n) is 3.99. The molecule has 2 atom stereocenters. The number of nitrogens with one attached hydrogen (secondary N) is 2. The van der Waals surface area contributed by atoms with Crippen molar-refractivity contribution in [1.29, 1.82) is 0 Å². The Hall–Kier alpha value is -2.10. The topological polar surface area (TPSA) is 53.5 Å². The van der Waals surface area contributed by atoms with E-state index < -0.39 is 0 Å². The van der Waals surface area contributed by atoms with Crippen LogP contribution in [0.25, 0.3) is 0 Å². The third kappa shape index (κ3) is 2.74. The van der Waals surface area contributed by atoms with Crippen LogP contribution in [-0.2, 0) is 4.79 Å². The Kier molecular flexibility index (Phi) is 3.54. The highest BCUT2D eigenvalue weighted by Gasteiger charge is 2.37. The molecule has 1 aromatic carbocycles. The molecule has 2 N–H and O–H groups in total. The van der Waals surface area contributed by atoms with Crippen LogP contribution in [0.1, 0.15) is 18.4 Å². The van der Waals surface area contributed by atoms with Crippen molar-refractivity contribution >= 4 is 17.3 Å². The van der Waals surface area contributed by atoms with Gasteiger partial charge in [0.2, 0.25) is 0 Å². The number of nitrogens with zero attached hydrogens (tertiary/aromatic N) is 1. The predicted molar refractivity (Wildman–Crippen MR) is 80.6 cm³/mol. The van der Waals surface area contributed by atoms with Crippen LogP contribution in [0.15, 0.2) is 41.5 Å². The number of allylic oxidation sites excluding steroid dienone is 2. The number of carbonyl (C=O) groups excluding carboxylic acids is 1. The maximum Gasteiger partial charge on any atom is 0.259 e. The van der Waals surface area contributed by atoms with E-state index >= 15 is 0 Å². The van der Waals surface area contributed by atoms with Crippen LogP contribution in [0.2, 0.25) is 0 Å². The smallest absolute Gasteiger partial charge is 0.259 e. The molecule has 4 nitrogen and oxygen atoms in total. The molecule has 104 valence electrons. The zero-order valence-corrected chi connectivity index (χ0v) is 11.6. The second-order valence-electron chi connectivity index (χ2n) is 5.50. The van der Waals surface area contributed by atoms with E-state index in [9.17, 15) is 4.79 Å². The van der Waals surface area contributed by atoms with Crippen molar-refractivity contribution in [2.75, 3.05) is 11.9 Å². The van der Waals surface area contributed by atoms with Gasteiger partial charge in [0.15, 0.2) is 0 Å². The Bertz CT molecular complexity index is 560. The average Bonchev–Trinajstić information content (AvgIpc) is 2.80. The van der Waals surface area contributed by atoms with Gasteiger partial charge in [-0.1, -0.05) is 29.8 Å². The number of amides is 1. The van der Waals surface area contributed by atoms with Crippen molar-refractivity contribution in [2.45, 2.75) is 19.8 Å². The Morgan fingerprint density at radius 1 is 1.35 bits per heavy atom. The van der Waals surface area contributed by atoms with E-state index in [0.29, 0.717) is 11.8 Å². The van der Waals surface area contributed by atoms with E-state index in [-0.39, 0.29) is 12.5 Å². The minimum atomic E-state index is -0.104. The van der Waals surface area contributed by atoms with Crippen LogP contribution < -0.4 is 10.7 Å². The third-order valence-corrected chi connectivity index (χ3v) is 3.99. The summed E-state index contributed by atoms with van der Waals surface area (Å²) in [5, 5.41) is 7.32. The Morgan fingerprint density at radius 2 is 2.15 bits per heavy atom. The lowest BCUT2D eigenvalue weighted by Crippen LogP contribution is -2.36. The molecule has 2 aliphatic rings. The fraction of sp³-hybridized carbons (Fsp3) is 0.375. The summed E-state index contributed by atoms with van der Waals surface area (Å²) in [5.74, 6) is 1.10. The van der Waals surface area contributed by atoms with Crippen LogP contribution in [0.4, 0.5) is 5.69 Å². The minimum absolute atomic E-state index is 0.104. The van der Waals surface area contributed by atoms with Gasteiger partial charge in [-0.05, 0) is 37.8 Å². The second kappa shape index (κ2) is 5.49. The maximum atomic E-state index is 11.7. The molecule has 0 spiro atoms. The molecule has 0 bridgehead atoms. The van der Waals surface area contributed by atoms with E-state index in [1.807, 2.05) is 31.2 Å². The molecule has 0 heterocycles. The van der Waals surface area contributed by atoms with Gasteiger partial charge in [0.1, 0.15) is 0 Å². The molecular formula is C16H19N3O. The van der Waals surface area contributed by atoms with Gasteiger partial charge >= 0.3 is 0 Å². The second-order valence-corrected chi connectivity index (χ2v) is 5.50. The SMILES string of the molecule is Cc1ccc(NCC(=O)NN=C2CC3C=CCC23)cc1. The molecule has 3 rings (SSSR count). The minimum Gasteiger partial charge on any atom is -0.376 e. The summed E-state index contributed by atoms with van der Waals surface area (Å²) in [4.78, 5) is 11.7. The van der Waals surface area contributed by atoms with Crippen molar-refractivity contribution in [3.8, 4) is 0 Å². The first-order valence-corrected chi connectivity index (χ1v) is 7.05. The monoisotopic (exact) mass is 269 g/mol.